The second kappa shape index (κ2) is 6.82. The van der Waals surface area contributed by atoms with Crippen LogP contribution in [0.4, 0.5) is 24.5 Å². The minimum atomic E-state index is -4.48. The van der Waals surface area contributed by atoms with Crippen LogP contribution < -0.4 is 10.6 Å². The molecule has 0 aliphatic heterocycles. The highest BCUT2D eigenvalue weighted by Gasteiger charge is 2.48. The summed E-state index contributed by atoms with van der Waals surface area (Å²) in [6.07, 6.45) is -4.10. The summed E-state index contributed by atoms with van der Waals surface area (Å²) in [4.78, 5) is 24.4. The molecule has 1 saturated carbocycles. The van der Waals surface area contributed by atoms with Gasteiger partial charge in [0.25, 0.3) is 0 Å². The first-order valence-corrected chi connectivity index (χ1v) is 8.10. The number of rotatable bonds is 4. The van der Waals surface area contributed by atoms with Gasteiger partial charge in [-0.15, -0.1) is 0 Å². The maximum Gasteiger partial charge on any atom is 0.416 e. The Morgan fingerprint density at radius 3 is 2.27 bits per heavy atom. The summed E-state index contributed by atoms with van der Waals surface area (Å²) < 4.78 is 38.2. The van der Waals surface area contributed by atoms with E-state index in [1.807, 2.05) is 19.1 Å². The molecule has 3 rings (SSSR count). The number of halogens is 3. The SMILES string of the molecule is Cc1ccccc1NC(=O)C1CC1C(=O)Nc1cccc(C(F)(F)F)c1. The van der Waals surface area contributed by atoms with E-state index in [1.165, 1.54) is 12.1 Å². The molecular weight excluding hydrogens is 345 g/mol. The molecule has 136 valence electrons. The second-order valence-electron chi connectivity index (χ2n) is 6.32. The summed E-state index contributed by atoms with van der Waals surface area (Å²) in [5.74, 6) is -1.72. The molecule has 0 aromatic heterocycles. The molecule has 1 aliphatic rings. The van der Waals surface area contributed by atoms with Crippen molar-refractivity contribution in [2.45, 2.75) is 19.5 Å². The van der Waals surface area contributed by atoms with E-state index in [1.54, 1.807) is 12.1 Å². The van der Waals surface area contributed by atoms with Gasteiger partial charge in [0.2, 0.25) is 11.8 Å². The van der Waals surface area contributed by atoms with Crippen LogP contribution in [0, 0.1) is 18.8 Å². The molecule has 0 bridgehead atoms. The lowest BCUT2D eigenvalue weighted by Crippen LogP contribution is -2.21. The first kappa shape index (κ1) is 18.0. The number of hydrogen-bond acceptors (Lipinski definition) is 2. The van der Waals surface area contributed by atoms with Crippen molar-refractivity contribution < 1.29 is 22.8 Å². The van der Waals surface area contributed by atoms with Gasteiger partial charge in [-0.05, 0) is 43.2 Å². The first-order chi connectivity index (χ1) is 12.3. The Bertz CT molecular complexity index is 849. The van der Waals surface area contributed by atoms with Crippen molar-refractivity contribution >= 4 is 23.2 Å². The molecule has 4 nitrogen and oxygen atoms in total. The maximum absolute atomic E-state index is 12.7. The fourth-order valence-electron chi connectivity index (χ4n) is 2.72. The van der Waals surface area contributed by atoms with Gasteiger partial charge in [-0.2, -0.15) is 13.2 Å². The number of aryl methyl sites for hydroxylation is 1. The molecule has 26 heavy (non-hydrogen) atoms. The van der Waals surface area contributed by atoms with Crippen LogP contribution in [-0.4, -0.2) is 11.8 Å². The van der Waals surface area contributed by atoms with E-state index in [4.69, 9.17) is 0 Å². The highest BCUT2D eigenvalue weighted by molar-refractivity contribution is 6.03. The molecule has 7 heteroatoms. The summed E-state index contributed by atoms with van der Waals surface area (Å²) in [6, 6.07) is 11.7. The van der Waals surface area contributed by atoms with Gasteiger partial charge in [-0.3, -0.25) is 9.59 Å². The van der Waals surface area contributed by atoms with Crippen molar-refractivity contribution in [2.24, 2.45) is 11.8 Å². The van der Waals surface area contributed by atoms with Crippen molar-refractivity contribution in [1.29, 1.82) is 0 Å². The van der Waals surface area contributed by atoms with Gasteiger partial charge in [0.15, 0.2) is 0 Å². The van der Waals surface area contributed by atoms with Crippen LogP contribution in [0.2, 0.25) is 0 Å². The zero-order valence-electron chi connectivity index (χ0n) is 13.9. The highest BCUT2D eigenvalue weighted by atomic mass is 19.4. The Hall–Kier alpha value is -2.83. The number of para-hydroxylation sites is 1. The standard InChI is InChI=1S/C19H17F3N2O2/c1-11-5-2-3-8-16(11)24-18(26)15-10-14(15)17(25)23-13-7-4-6-12(9-13)19(20,21)22/h2-9,14-15H,10H2,1H3,(H,23,25)(H,24,26). The minimum Gasteiger partial charge on any atom is -0.326 e. The molecular formula is C19H17F3N2O2. The number of carbonyl (C=O) groups excluding carboxylic acids is 2. The minimum absolute atomic E-state index is 0.0646. The molecule has 0 heterocycles. The topological polar surface area (TPSA) is 58.2 Å². The van der Waals surface area contributed by atoms with E-state index < -0.39 is 29.5 Å². The number of anilines is 2. The molecule has 1 aliphatic carbocycles. The predicted molar refractivity (Wildman–Crippen MR) is 91.5 cm³/mol. The van der Waals surface area contributed by atoms with Crippen molar-refractivity contribution in [1.82, 2.24) is 0 Å². The number of hydrogen-bond donors (Lipinski definition) is 2. The van der Waals surface area contributed by atoms with Crippen LogP contribution in [0.15, 0.2) is 48.5 Å². The number of nitrogens with one attached hydrogen (secondary N) is 2. The molecule has 2 amide bonds. The number of carbonyl (C=O) groups is 2. The summed E-state index contributed by atoms with van der Waals surface area (Å²) in [5, 5.41) is 5.24. The predicted octanol–water partition coefficient (Wildman–Crippen LogP) is 4.23. The van der Waals surface area contributed by atoms with E-state index in [0.29, 0.717) is 12.1 Å². The molecule has 0 spiro atoms. The van der Waals surface area contributed by atoms with Gasteiger partial charge < -0.3 is 10.6 Å². The average molecular weight is 362 g/mol. The lowest BCUT2D eigenvalue weighted by molar-refractivity contribution is -0.137. The summed E-state index contributed by atoms with van der Waals surface area (Å²) in [5.41, 5.74) is 0.822. The number of amides is 2. The Morgan fingerprint density at radius 2 is 1.62 bits per heavy atom. The van der Waals surface area contributed by atoms with Crippen LogP contribution in [0.5, 0.6) is 0 Å². The molecule has 2 atom stereocenters. The number of benzene rings is 2. The summed E-state index contributed by atoms with van der Waals surface area (Å²) in [7, 11) is 0. The van der Waals surface area contributed by atoms with Gasteiger partial charge in [0.05, 0.1) is 17.4 Å². The van der Waals surface area contributed by atoms with E-state index in [9.17, 15) is 22.8 Å². The molecule has 2 aromatic carbocycles. The van der Waals surface area contributed by atoms with Crippen molar-refractivity contribution in [3.05, 3.63) is 59.7 Å². The maximum atomic E-state index is 12.7. The molecule has 2 N–H and O–H groups in total. The third kappa shape index (κ3) is 4.04. The Balaban J connectivity index is 1.59. The lowest BCUT2D eigenvalue weighted by Gasteiger charge is -2.10. The van der Waals surface area contributed by atoms with Gasteiger partial charge in [0, 0.05) is 11.4 Å². The van der Waals surface area contributed by atoms with Gasteiger partial charge in [0.1, 0.15) is 0 Å². The summed E-state index contributed by atoms with van der Waals surface area (Å²) >= 11 is 0. The van der Waals surface area contributed by atoms with Crippen LogP contribution in [0.3, 0.4) is 0 Å². The lowest BCUT2D eigenvalue weighted by atomic mass is 10.2. The second-order valence-corrected chi connectivity index (χ2v) is 6.32. The van der Waals surface area contributed by atoms with Crippen LogP contribution >= 0.6 is 0 Å². The van der Waals surface area contributed by atoms with Crippen molar-refractivity contribution in [3.8, 4) is 0 Å². The van der Waals surface area contributed by atoms with E-state index in [0.717, 1.165) is 17.7 Å². The molecule has 2 unspecified atom stereocenters. The van der Waals surface area contributed by atoms with Crippen LogP contribution in [0.1, 0.15) is 17.5 Å². The van der Waals surface area contributed by atoms with Gasteiger partial charge >= 0.3 is 6.18 Å². The highest BCUT2D eigenvalue weighted by Crippen LogP contribution is 2.40. The summed E-state index contributed by atoms with van der Waals surface area (Å²) in [6.45, 7) is 1.86. The van der Waals surface area contributed by atoms with E-state index >= 15 is 0 Å². The normalized spacial score (nSPS) is 18.9. The Labute approximate surface area is 148 Å². The molecule has 0 saturated heterocycles. The monoisotopic (exact) mass is 362 g/mol. The van der Waals surface area contributed by atoms with E-state index in [-0.39, 0.29) is 11.6 Å². The smallest absolute Gasteiger partial charge is 0.326 e. The van der Waals surface area contributed by atoms with Crippen LogP contribution in [0.25, 0.3) is 0 Å². The quantitative estimate of drug-likeness (QED) is 0.855. The molecule has 2 aromatic rings. The van der Waals surface area contributed by atoms with E-state index in [2.05, 4.69) is 10.6 Å². The van der Waals surface area contributed by atoms with Gasteiger partial charge in [-0.1, -0.05) is 24.3 Å². The molecule has 0 radical (unpaired) electrons. The third-order valence-electron chi connectivity index (χ3n) is 4.32. The average Bonchev–Trinajstić information content (AvgIpc) is 3.37. The zero-order chi connectivity index (χ0) is 18.9. The zero-order valence-corrected chi connectivity index (χ0v) is 13.9. The van der Waals surface area contributed by atoms with Crippen molar-refractivity contribution in [3.63, 3.8) is 0 Å². The van der Waals surface area contributed by atoms with Crippen molar-refractivity contribution in [2.75, 3.05) is 10.6 Å². The number of alkyl halides is 3. The Morgan fingerprint density at radius 1 is 0.962 bits per heavy atom. The fraction of sp³-hybridized carbons (Fsp3) is 0.263. The Kier molecular flexibility index (Phi) is 4.71. The van der Waals surface area contributed by atoms with Gasteiger partial charge in [-0.25, -0.2) is 0 Å². The third-order valence-corrected chi connectivity index (χ3v) is 4.32. The van der Waals surface area contributed by atoms with Crippen LogP contribution in [-0.2, 0) is 15.8 Å². The largest absolute Gasteiger partial charge is 0.416 e. The first-order valence-electron chi connectivity index (χ1n) is 8.10. The fourth-order valence-corrected chi connectivity index (χ4v) is 2.72. The molecule has 1 fully saturated rings.